The molecule has 2 bridgehead atoms. The Balaban J connectivity index is 2.04. The summed E-state index contributed by atoms with van der Waals surface area (Å²) in [5.41, 5.74) is 2.52. The van der Waals surface area contributed by atoms with Crippen LogP contribution in [0.5, 0.6) is 0 Å². The van der Waals surface area contributed by atoms with Crippen molar-refractivity contribution in [1.29, 1.82) is 0 Å². The molecule has 2 unspecified atom stereocenters. The first-order valence-corrected chi connectivity index (χ1v) is 5.64. The van der Waals surface area contributed by atoms with E-state index in [0.29, 0.717) is 11.7 Å². The Hall–Kier alpha value is -1.37. The molecule has 2 atom stereocenters. The SMILES string of the molecule is O=C1CC2C=C(c3ccccc3)C1CC2. The van der Waals surface area contributed by atoms with Crippen LogP contribution in [-0.2, 0) is 4.79 Å². The van der Waals surface area contributed by atoms with Gasteiger partial charge in [0.05, 0.1) is 0 Å². The molecule has 15 heavy (non-hydrogen) atoms. The number of carbonyl (C=O) groups excluding carboxylic acids is 1. The number of Topliss-reactive ketones (excluding diaryl/α,β-unsaturated/α-hetero) is 1. The van der Waals surface area contributed by atoms with Gasteiger partial charge in [-0.25, -0.2) is 0 Å². The van der Waals surface area contributed by atoms with E-state index in [9.17, 15) is 4.79 Å². The second kappa shape index (κ2) is 3.34. The average molecular weight is 198 g/mol. The van der Waals surface area contributed by atoms with Gasteiger partial charge >= 0.3 is 0 Å². The topological polar surface area (TPSA) is 17.1 Å². The molecule has 0 saturated heterocycles. The highest BCUT2D eigenvalue weighted by molar-refractivity contribution is 5.96. The van der Waals surface area contributed by atoms with Gasteiger partial charge in [-0.15, -0.1) is 0 Å². The fourth-order valence-corrected chi connectivity index (χ4v) is 2.81. The van der Waals surface area contributed by atoms with Crippen molar-refractivity contribution < 1.29 is 4.79 Å². The number of carbonyl (C=O) groups is 1. The first-order chi connectivity index (χ1) is 7.34. The van der Waals surface area contributed by atoms with Crippen molar-refractivity contribution in [2.24, 2.45) is 11.8 Å². The van der Waals surface area contributed by atoms with Crippen LogP contribution in [0.2, 0.25) is 0 Å². The lowest BCUT2D eigenvalue weighted by Crippen LogP contribution is -2.30. The molecule has 76 valence electrons. The molecule has 0 spiro atoms. The van der Waals surface area contributed by atoms with E-state index in [1.807, 2.05) is 18.2 Å². The lowest BCUT2D eigenvalue weighted by molar-refractivity contribution is -0.124. The molecular weight excluding hydrogens is 184 g/mol. The molecule has 3 aliphatic rings. The molecule has 0 aliphatic heterocycles. The normalized spacial score (nSPS) is 29.1. The summed E-state index contributed by atoms with van der Waals surface area (Å²) in [7, 11) is 0. The maximum atomic E-state index is 11.8. The standard InChI is InChI=1S/C14H14O/c15-14-9-10-6-7-12(14)13(8-10)11-4-2-1-3-5-11/h1-5,8,10,12H,6-7,9H2. The van der Waals surface area contributed by atoms with Gasteiger partial charge in [-0.05, 0) is 29.9 Å². The summed E-state index contributed by atoms with van der Waals surface area (Å²) in [6.45, 7) is 0. The Labute approximate surface area is 89.8 Å². The van der Waals surface area contributed by atoms with E-state index in [2.05, 4.69) is 18.2 Å². The van der Waals surface area contributed by atoms with Gasteiger partial charge in [-0.3, -0.25) is 4.79 Å². The Morgan fingerprint density at radius 3 is 2.53 bits per heavy atom. The summed E-state index contributed by atoms with van der Waals surface area (Å²) < 4.78 is 0. The number of hydrogen-bond donors (Lipinski definition) is 0. The lowest BCUT2D eigenvalue weighted by Gasteiger charge is -2.34. The molecule has 0 radical (unpaired) electrons. The van der Waals surface area contributed by atoms with Crippen LogP contribution in [0.1, 0.15) is 24.8 Å². The lowest BCUT2D eigenvalue weighted by atomic mass is 9.69. The zero-order valence-electron chi connectivity index (χ0n) is 8.65. The maximum Gasteiger partial charge on any atom is 0.140 e. The van der Waals surface area contributed by atoms with Crippen molar-refractivity contribution in [3.8, 4) is 0 Å². The summed E-state index contributed by atoms with van der Waals surface area (Å²) in [6.07, 6.45) is 5.36. The summed E-state index contributed by atoms with van der Waals surface area (Å²) in [5.74, 6) is 1.16. The summed E-state index contributed by atoms with van der Waals surface area (Å²) in [4.78, 5) is 11.8. The van der Waals surface area contributed by atoms with Crippen LogP contribution >= 0.6 is 0 Å². The predicted molar refractivity (Wildman–Crippen MR) is 60.3 cm³/mol. The molecule has 0 heterocycles. The molecule has 1 aromatic carbocycles. The number of rotatable bonds is 1. The van der Waals surface area contributed by atoms with Crippen LogP contribution in [0, 0.1) is 11.8 Å². The van der Waals surface area contributed by atoms with Crippen LogP contribution in [0.25, 0.3) is 5.57 Å². The molecule has 1 fully saturated rings. The molecular formula is C14H14O. The second-order valence-electron chi connectivity index (χ2n) is 4.55. The largest absolute Gasteiger partial charge is 0.299 e. The predicted octanol–water partition coefficient (Wildman–Crippen LogP) is 3.07. The van der Waals surface area contributed by atoms with Gasteiger partial charge in [-0.1, -0.05) is 36.4 Å². The molecule has 1 nitrogen and oxygen atoms in total. The van der Waals surface area contributed by atoms with Crippen molar-refractivity contribution in [2.75, 3.05) is 0 Å². The van der Waals surface area contributed by atoms with Crippen molar-refractivity contribution >= 4 is 11.4 Å². The minimum absolute atomic E-state index is 0.192. The summed E-state index contributed by atoms with van der Waals surface area (Å²) >= 11 is 0. The zero-order chi connectivity index (χ0) is 10.3. The molecule has 1 heteroatoms. The minimum atomic E-state index is 0.192. The number of allylic oxidation sites excluding steroid dienone is 2. The highest BCUT2D eigenvalue weighted by Crippen LogP contribution is 2.42. The van der Waals surface area contributed by atoms with Gasteiger partial charge in [0.1, 0.15) is 5.78 Å². The van der Waals surface area contributed by atoms with Crippen molar-refractivity contribution in [3.63, 3.8) is 0 Å². The van der Waals surface area contributed by atoms with Crippen LogP contribution in [0.3, 0.4) is 0 Å². The van der Waals surface area contributed by atoms with Gasteiger partial charge in [-0.2, -0.15) is 0 Å². The van der Waals surface area contributed by atoms with Crippen molar-refractivity contribution in [1.82, 2.24) is 0 Å². The fourth-order valence-electron chi connectivity index (χ4n) is 2.81. The maximum absolute atomic E-state index is 11.8. The second-order valence-corrected chi connectivity index (χ2v) is 4.55. The number of ketones is 1. The van der Waals surface area contributed by atoms with Gasteiger partial charge < -0.3 is 0 Å². The number of hydrogen-bond acceptors (Lipinski definition) is 1. The van der Waals surface area contributed by atoms with Crippen molar-refractivity contribution in [3.05, 3.63) is 42.0 Å². The quantitative estimate of drug-likeness (QED) is 0.677. The van der Waals surface area contributed by atoms with Gasteiger partial charge in [0.15, 0.2) is 0 Å². The number of benzene rings is 1. The third-order valence-electron chi connectivity index (χ3n) is 3.58. The van der Waals surface area contributed by atoms with E-state index < -0.39 is 0 Å². The number of fused-ring (bicyclic) bond motifs is 2. The van der Waals surface area contributed by atoms with E-state index >= 15 is 0 Å². The Kier molecular flexibility index (Phi) is 1.98. The Morgan fingerprint density at radius 1 is 1.07 bits per heavy atom. The molecule has 0 amide bonds. The van der Waals surface area contributed by atoms with E-state index in [1.165, 1.54) is 17.6 Å². The fraction of sp³-hybridized carbons (Fsp3) is 0.357. The van der Waals surface area contributed by atoms with E-state index in [1.54, 1.807) is 0 Å². The monoisotopic (exact) mass is 198 g/mol. The molecule has 1 aromatic rings. The summed E-state index contributed by atoms with van der Waals surface area (Å²) in [5, 5.41) is 0. The van der Waals surface area contributed by atoms with Gasteiger partial charge in [0, 0.05) is 12.3 Å². The van der Waals surface area contributed by atoms with Gasteiger partial charge in [0.2, 0.25) is 0 Å². The smallest absolute Gasteiger partial charge is 0.140 e. The first kappa shape index (κ1) is 8.90. The highest BCUT2D eigenvalue weighted by atomic mass is 16.1. The molecule has 1 saturated carbocycles. The van der Waals surface area contributed by atoms with E-state index in [0.717, 1.165) is 12.8 Å². The highest BCUT2D eigenvalue weighted by Gasteiger charge is 2.35. The van der Waals surface area contributed by atoms with Crippen molar-refractivity contribution in [2.45, 2.75) is 19.3 Å². The first-order valence-electron chi connectivity index (χ1n) is 5.64. The Bertz CT molecular complexity index is 416. The third-order valence-corrected chi connectivity index (χ3v) is 3.58. The van der Waals surface area contributed by atoms with E-state index in [-0.39, 0.29) is 5.92 Å². The minimum Gasteiger partial charge on any atom is -0.299 e. The Morgan fingerprint density at radius 2 is 1.87 bits per heavy atom. The van der Waals surface area contributed by atoms with Crippen LogP contribution in [0.4, 0.5) is 0 Å². The zero-order valence-corrected chi connectivity index (χ0v) is 8.65. The van der Waals surface area contributed by atoms with E-state index in [4.69, 9.17) is 0 Å². The average Bonchev–Trinajstić information content (AvgIpc) is 2.30. The molecule has 0 N–H and O–H groups in total. The van der Waals surface area contributed by atoms with Crippen LogP contribution in [0.15, 0.2) is 36.4 Å². The molecule has 3 aliphatic carbocycles. The van der Waals surface area contributed by atoms with Crippen LogP contribution < -0.4 is 0 Å². The third kappa shape index (κ3) is 1.43. The van der Waals surface area contributed by atoms with Gasteiger partial charge in [0.25, 0.3) is 0 Å². The van der Waals surface area contributed by atoms with Crippen LogP contribution in [-0.4, -0.2) is 5.78 Å². The molecule has 4 rings (SSSR count). The molecule has 0 aromatic heterocycles. The summed E-state index contributed by atoms with van der Waals surface area (Å²) in [6, 6.07) is 10.3.